The van der Waals surface area contributed by atoms with Crippen molar-refractivity contribution < 1.29 is 22.3 Å². The lowest BCUT2D eigenvalue weighted by Crippen LogP contribution is -2.36. The first-order chi connectivity index (χ1) is 16.5. The van der Waals surface area contributed by atoms with E-state index < -0.39 is 15.0 Å². The minimum absolute atomic E-state index is 0.103. The molecule has 0 saturated carbocycles. The summed E-state index contributed by atoms with van der Waals surface area (Å²) in [4.78, 5) is 29.4. The molecule has 0 spiro atoms. The number of nitro groups is 1. The van der Waals surface area contributed by atoms with Crippen molar-refractivity contribution >= 4 is 27.4 Å². The lowest BCUT2D eigenvalue weighted by atomic mass is 10.1. The van der Waals surface area contributed by atoms with Crippen LogP contribution >= 0.6 is 0 Å². The summed E-state index contributed by atoms with van der Waals surface area (Å²) in [6, 6.07) is 10.8. The highest BCUT2D eigenvalue weighted by Gasteiger charge is 2.22. The number of non-ortho nitro benzene ring substituents is 1. The van der Waals surface area contributed by atoms with E-state index in [0.717, 1.165) is 18.8 Å². The third kappa shape index (κ3) is 7.93. The van der Waals surface area contributed by atoms with Gasteiger partial charge in [0.05, 0.1) is 10.7 Å². The van der Waals surface area contributed by atoms with Crippen LogP contribution in [0, 0.1) is 10.1 Å². The molecule has 0 N–H and O–H groups in total. The highest BCUT2D eigenvalue weighted by Crippen LogP contribution is 2.29. The van der Waals surface area contributed by atoms with Crippen molar-refractivity contribution in [1.82, 2.24) is 9.80 Å². The van der Waals surface area contributed by atoms with Crippen LogP contribution in [0.25, 0.3) is 0 Å². The SMILES string of the molecule is CCN(CC)c1ccc(CN(CCN(C)C)C(=O)c2ccc([N+](=O)[O-])cc2)c(OS(=O)(=O)CC)c1. The van der Waals surface area contributed by atoms with Gasteiger partial charge in [0.2, 0.25) is 0 Å². The fourth-order valence-electron chi connectivity index (χ4n) is 3.42. The van der Waals surface area contributed by atoms with Crippen LogP contribution in [0.1, 0.15) is 36.7 Å². The van der Waals surface area contributed by atoms with Gasteiger partial charge >= 0.3 is 10.1 Å². The molecule has 0 heterocycles. The van der Waals surface area contributed by atoms with E-state index in [4.69, 9.17) is 4.18 Å². The molecule has 0 radical (unpaired) electrons. The minimum atomic E-state index is -3.79. The van der Waals surface area contributed by atoms with Crippen LogP contribution in [0.15, 0.2) is 42.5 Å². The standard InChI is InChI=1S/C24H34N4O6S/c1-6-26(7-2)22-14-11-20(23(17-22)34-35(32,33)8-3)18-27(16-15-25(4)5)24(29)19-9-12-21(13-10-19)28(30)31/h9-14,17H,6-8,15-16,18H2,1-5H3. The van der Waals surface area contributed by atoms with E-state index in [1.54, 1.807) is 17.0 Å². The van der Waals surface area contributed by atoms with Crippen molar-refractivity contribution in [2.24, 2.45) is 0 Å². The number of hydrogen-bond acceptors (Lipinski definition) is 8. The van der Waals surface area contributed by atoms with Gasteiger partial charge in [-0.1, -0.05) is 6.07 Å². The second kappa shape index (κ2) is 12.5. The van der Waals surface area contributed by atoms with Crippen molar-refractivity contribution in [1.29, 1.82) is 0 Å². The summed E-state index contributed by atoms with van der Waals surface area (Å²) in [6.45, 7) is 8.04. The molecule has 2 rings (SSSR count). The summed E-state index contributed by atoms with van der Waals surface area (Å²) in [6.07, 6.45) is 0. The van der Waals surface area contributed by atoms with E-state index in [1.807, 2.05) is 38.9 Å². The monoisotopic (exact) mass is 506 g/mol. The molecule has 0 bridgehead atoms. The predicted octanol–water partition coefficient (Wildman–Crippen LogP) is 3.37. The Morgan fingerprint density at radius 1 is 1.00 bits per heavy atom. The van der Waals surface area contributed by atoms with Gasteiger partial charge in [0.15, 0.2) is 0 Å². The van der Waals surface area contributed by atoms with Crippen molar-refractivity contribution in [3.8, 4) is 5.75 Å². The van der Waals surface area contributed by atoms with Crippen LogP contribution in [-0.4, -0.2) is 75.1 Å². The first-order valence-corrected chi connectivity index (χ1v) is 13.1. The molecule has 0 fully saturated rings. The molecule has 192 valence electrons. The Bertz CT molecular complexity index is 1120. The molecule has 11 heteroatoms. The number of nitro benzene ring substituents is 1. The maximum Gasteiger partial charge on any atom is 0.308 e. The molecule has 0 aliphatic heterocycles. The Hall–Kier alpha value is -3.18. The zero-order valence-corrected chi connectivity index (χ0v) is 21.7. The minimum Gasteiger partial charge on any atom is -0.382 e. The van der Waals surface area contributed by atoms with Crippen molar-refractivity contribution in [2.75, 3.05) is 50.9 Å². The van der Waals surface area contributed by atoms with Crippen LogP contribution < -0.4 is 9.08 Å². The first kappa shape index (κ1) is 28.1. The largest absolute Gasteiger partial charge is 0.382 e. The number of benzene rings is 2. The average molecular weight is 507 g/mol. The second-order valence-corrected chi connectivity index (χ2v) is 10.1. The molecular weight excluding hydrogens is 472 g/mol. The predicted molar refractivity (Wildman–Crippen MR) is 136 cm³/mol. The molecule has 0 aromatic heterocycles. The Balaban J connectivity index is 2.46. The van der Waals surface area contributed by atoms with Crippen molar-refractivity contribution in [2.45, 2.75) is 27.3 Å². The molecule has 10 nitrogen and oxygen atoms in total. The number of amides is 1. The lowest BCUT2D eigenvalue weighted by Gasteiger charge is -2.27. The van der Waals surface area contributed by atoms with E-state index in [-0.39, 0.29) is 29.6 Å². The van der Waals surface area contributed by atoms with Gasteiger partial charge in [0, 0.05) is 67.7 Å². The van der Waals surface area contributed by atoms with E-state index >= 15 is 0 Å². The zero-order chi connectivity index (χ0) is 26.2. The summed E-state index contributed by atoms with van der Waals surface area (Å²) in [5.41, 5.74) is 1.57. The van der Waals surface area contributed by atoms with Gasteiger partial charge in [-0.3, -0.25) is 14.9 Å². The number of rotatable bonds is 13. The number of hydrogen-bond donors (Lipinski definition) is 0. The van der Waals surface area contributed by atoms with E-state index in [0.29, 0.717) is 24.2 Å². The van der Waals surface area contributed by atoms with Gasteiger partial charge in [-0.25, -0.2) is 0 Å². The second-order valence-electron chi connectivity index (χ2n) is 8.23. The Kier molecular flexibility index (Phi) is 10.0. The van der Waals surface area contributed by atoms with E-state index in [9.17, 15) is 23.3 Å². The average Bonchev–Trinajstić information content (AvgIpc) is 2.83. The van der Waals surface area contributed by atoms with Crippen molar-refractivity contribution in [3.05, 3.63) is 63.7 Å². The Morgan fingerprint density at radius 2 is 1.63 bits per heavy atom. The topological polar surface area (TPSA) is 113 Å². The number of carbonyl (C=O) groups excluding carboxylic acids is 1. The highest BCUT2D eigenvalue weighted by molar-refractivity contribution is 7.87. The van der Waals surface area contributed by atoms with Crippen molar-refractivity contribution in [3.63, 3.8) is 0 Å². The fourth-order valence-corrected chi connectivity index (χ4v) is 3.97. The summed E-state index contributed by atoms with van der Waals surface area (Å²) in [7, 11) is -0.0224. The van der Waals surface area contributed by atoms with Gasteiger partial charge in [0.25, 0.3) is 11.6 Å². The zero-order valence-electron chi connectivity index (χ0n) is 20.9. The highest BCUT2D eigenvalue weighted by atomic mass is 32.2. The molecule has 0 aliphatic carbocycles. The fraction of sp³-hybridized carbons (Fsp3) is 0.458. The molecule has 0 unspecified atom stereocenters. The third-order valence-corrected chi connectivity index (χ3v) is 6.68. The summed E-state index contributed by atoms with van der Waals surface area (Å²) < 4.78 is 30.1. The molecule has 1 amide bonds. The van der Waals surface area contributed by atoms with E-state index in [1.165, 1.54) is 31.2 Å². The quantitative estimate of drug-likeness (QED) is 0.231. The summed E-state index contributed by atoms with van der Waals surface area (Å²) in [5, 5.41) is 11.0. The third-order valence-electron chi connectivity index (χ3n) is 5.54. The first-order valence-electron chi connectivity index (χ1n) is 11.5. The van der Waals surface area contributed by atoms with Gasteiger partial charge in [-0.05, 0) is 53.1 Å². The van der Waals surface area contributed by atoms with Gasteiger partial charge < -0.3 is 18.9 Å². The summed E-state index contributed by atoms with van der Waals surface area (Å²) >= 11 is 0. The normalized spacial score (nSPS) is 11.4. The maximum absolute atomic E-state index is 13.3. The number of likely N-dealkylation sites (N-methyl/N-ethyl adjacent to an activating group) is 1. The van der Waals surface area contributed by atoms with Gasteiger partial charge in [-0.2, -0.15) is 8.42 Å². The van der Waals surface area contributed by atoms with Crippen LogP contribution in [0.5, 0.6) is 5.75 Å². The van der Waals surface area contributed by atoms with Crippen LogP contribution in [-0.2, 0) is 16.7 Å². The van der Waals surface area contributed by atoms with Gasteiger partial charge in [-0.15, -0.1) is 0 Å². The molecular formula is C24H34N4O6S. The molecule has 2 aromatic rings. The Morgan fingerprint density at radius 3 is 2.14 bits per heavy atom. The smallest absolute Gasteiger partial charge is 0.308 e. The molecule has 0 aliphatic rings. The van der Waals surface area contributed by atoms with Crippen LogP contribution in [0.3, 0.4) is 0 Å². The van der Waals surface area contributed by atoms with Gasteiger partial charge in [0.1, 0.15) is 5.75 Å². The Labute approximate surface area is 207 Å². The number of carbonyl (C=O) groups is 1. The summed E-state index contributed by atoms with van der Waals surface area (Å²) in [5.74, 6) is -0.324. The number of anilines is 1. The molecule has 0 atom stereocenters. The van der Waals surface area contributed by atoms with Crippen LogP contribution in [0.4, 0.5) is 11.4 Å². The maximum atomic E-state index is 13.3. The van der Waals surface area contributed by atoms with E-state index in [2.05, 4.69) is 4.90 Å². The lowest BCUT2D eigenvalue weighted by molar-refractivity contribution is -0.384. The molecule has 0 saturated heterocycles. The molecule has 2 aromatic carbocycles. The van der Waals surface area contributed by atoms with Crippen LogP contribution in [0.2, 0.25) is 0 Å². The number of nitrogens with zero attached hydrogens (tertiary/aromatic N) is 4. The molecule has 35 heavy (non-hydrogen) atoms.